The molecule has 0 spiro atoms. The molecule has 1 N–H and O–H groups in total. The van der Waals surface area contributed by atoms with Crippen LogP contribution in [-0.4, -0.2) is 23.3 Å². The Kier molecular flexibility index (Phi) is 5.89. The SMILES string of the molecule is CCNC(CSc1ccccc1C)Cc1nccs1. The van der Waals surface area contributed by atoms with Crippen LogP contribution in [0.5, 0.6) is 0 Å². The molecule has 19 heavy (non-hydrogen) atoms. The van der Waals surface area contributed by atoms with Crippen molar-refractivity contribution in [2.24, 2.45) is 0 Å². The Bertz CT molecular complexity index is 483. The minimum Gasteiger partial charge on any atom is -0.313 e. The Hall–Kier alpha value is -0.840. The summed E-state index contributed by atoms with van der Waals surface area (Å²) in [6.07, 6.45) is 2.90. The summed E-state index contributed by atoms with van der Waals surface area (Å²) < 4.78 is 0. The van der Waals surface area contributed by atoms with Crippen molar-refractivity contribution in [2.45, 2.75) is 31.2 Å². The summed E-state index contributed by atoms with van der Waals surface area (Å²) in [6.45, 7) is 5.34. The molecule has 0 fully saturated rings. The molecule has 2 nitrogen and oxygen atoms in total. The highest BCUT2D eigenvalue weighted by Crippen LogP contribution is 2.23. The van der Waals surface area contributed by atoms with Gasteiger partial charge in [-0.3, -0.25) is 0 Å². The van der Waals surface area contributed by atoms with Gasteiger partial charge in [0.1, 0.15) is 0 Å². The van der Waals surface area contributed by atoms with Crippen LogP contribution in [0.1, 0.15) is 17.5 Å². The van der Waals surface area contributed by atoms with Gasteiger partial charge in [-0.2, -0.15) is 0 Å². The normalized spacial score (nSPS) is 12.5. The maximum Gasteiger partial charge on any atom is 0.0940 e. The lowest BCUT2D eigenvalue weighted by Crippen LogP contribution is -2.33. The molecule has 2 aromatic rings. The van der Waals surface area contributed by atoms with Crippen molar-refractivity contribution in [2.75, 3.05) is 12.3 Å². The summed E-state index contributed by atoms with van der Waals surface area (Å²) in [4.78, 5) is 5.76. The second-order valence-electron chi connectivity index (χ2n) is 4.46. The summed E-state index contributed by atoms with van der Waals surface area (Å²) >= 11 is 3.67. The second kappa shape index (κ2) is 7.68. The van der Waals surface area contributed by atoms with Crippen molar-refractivity contribution in [3.63, 3.8) is 0 Å². The van der Waals surface area contributed by atoms with Crippen LogP contribution in [-0.2, 0) is 6.42 Å². The number of aromatic nitrogens is 1. The molecule has 0 bridgehead atoms. The number of benzene rings is 1. The van der Waals surface area contributed by atoms with Gasteiger partial charge in [-0.15, -0.1) is 23.1 Å². The van der Waals surface area contributed by atoms with Gasteiger partial charge in [0, 0.05) is 34.7 Å². The highest BCUT2D eigenvalue weighted by molar-refractivity contribution is 7.99. The molecule has 0 amide bonds. The number of thiazole rings is 1. The molecule has 0 saturated carbocycles. The van der Waals surface area contributed by atoms with Gasteiger partial charge in [-0.1, -0.05) is 25.1 Å². The summed E-state index contributed by atoms with van der Waals surface area (Å²) in [6, 6.07) is 9.06. The van der Waals surface area contributed by atoms with Crippen LogP contribution in [0.15, 0.2) is 40.7 Å². The van der Waals surface area contributed by atoms with Crippen molar-refractivity contribution in [3.05, 3.63) is 46.4 Å². The third-order valence-corrected chi connectivity index (χ3v) is 5.07. The van der Waals surface area contributed by atoms with E-state index in [2.05, 4.69) is 48.4 Å². The fourth-order valence-corrected chi connectivity index (χ4v) is 3.74. The molecule has 1 heterocycles. The number of rotatable bonds is 7. The number of likely N-dealkylation sites (N-methyl/N-ethyl adjacent to an activating group) is 1. The van der Waals surface area contributed by atoms with E-state index in [1.165, 1.54) is 15.5 Å². The molecule has 2 rings (SSSR count). The molecule has 0 saturated heterocycles. The zero-order chi connectivity index (χ0) is 13.5. The summed E-state index contributed by atoms with van der Waals surface area (Å²) in [7, 11) is 0. The van der Waals surface area contributed by atoms with Crippen molar-refractivity contribution in [1.29, 1.82) is 0 Å². The number of hydrogen-bond acceptors (Lipinski definition) is 4. The molecule has 0 aliphatic rings. The molecule has 0 aliphatic carbocycles. The van der Waals surface area contributed by atoms with E-state index in [0.29, 0.717) is 6.04 Å². The van der Waals surface area contributed by atoms with Gasteiger partial charge in [0.15, 0.2) is 0 Å². The molecule has 0 aliphatic heterocycles. The molecule has 0 radical (unpaired) electrons. The van der Waals surface area contributed by atoms with Crippen LogP contribution in [0.2, 0.25) is 0 Å². The molecular weight excluding hydrogens is 272 g/mol. The zero-order valence-corrected chi connectivity index (χ0v) is 13.1. The van der Waals surface area contributed by atoms with E-state index in [4.69, 9.17) is 0 Å². The first-order valence-corrected chi connectivity index (χ1v) is 8.46. The monoisotopic (exact) mass is 292 g/mol. The Morgan fingerprint density at radius 1 is 1.37 bits per heavy atom. The summed E-state index contributed by atoms with van der Waals surface area (Å²) in [5.41, 5.74) is 1.36. The number of nitrogens with zero attached hydrogens (tertiary/aromatic N) is 1. The van der Waals surface area contributed by atoms with Gasteiger partial charge in [-0.25, -0.2) is 4.98 Å². The maximum atomic E-state index is 4.38. The topological polar surface area (TPSA) is 24.9 Å². The summed E-state index contributed by atoms with van der Waals surface area (Å²) in [5.74, 6) is 1.08. The second-order valence-corrected chi connectivity index (χ2v) is 6.50. The van der Waals surface area contributed by atoms with Crippen molar-refractivity contribution in [3.8, 4) is 0 Å². The molecule has 1 unspecified atom stereocenters. The molecular formula is C15H20N2S2. The van der Waals surface area contributed by atoms with E-state index in [-0.39, 0.29) is 0 Å². The fourth-order valence-electron chi connectivity index (χ4n) is 1.95. The number of nitrogens with one attached hydrogen (secondary N) is 1. The van der Waals surface area contributed by atoms with Crippen molar-refractivity contribution in [1.82, 2.24) is 10.3 Å². The van der Waals surface area contributed by atoms with E-state index >= 15 is 0 Å². The van der Waals surface area contributed by atoms with Crippen LogP contribution in [0.3, 0.4) is 0 Å². The molecule has 102 valence electrons. The standard InChI is InChI=1S/C15H20N2S2/c1-3-16-13(10-15-17-8-9-18-15)11-19-14-7-5-4-6-12(14)2/h4-9,13,16H,3,10-11H2,1-2H3. The largest absolute Gasteiger partial charge is 0.313 e. The van der Waals surface area contributed by atoms with Gasteiger partial charge < -0.3 is 5.32 Å². The lowest BCUT2D eigenvalue weighted by atomic mass is 10.2. The average Bonchev–Trinajstić information content (AvgIpc) is 2.91. The van der Waals surface area contributed by atoms with Crippen LogP contribution in [0.4, 0.5) is 0 Å². The Morgan fingerprint density at radius 3 is 2.89 bits per heavy atom. The number of thioether (sulfide) groups is 1. The third-order valence-electron chi connectivity index (χ3n) is 2.93. The fraction of sp³-hybridized carbons (Fsp3) is 0.400. The van der Waals surface area contributed by atoms with Crippen LogP contribution < -0.4 is 5.32 Å². The summed E-state index contributed by atoms with van der Waals surface area (Å²) in [5, 5.41) is 6.82. The lowest BCUT2D eigenvalue weighted by Gasteiger charge is -2.16. The predicted octanol–water partition coefficient (Wildman–Crippen LogP) is 3.76. The van der Waals surface area contributed by atoms with Crippen molar-refractivity contribution >= 4 is 23.1 Å². The van der Waals surface area contributed by atoms with Crippen LogP contribution in [0.25, 0.3) is 0 Å². The van der Waals surface area contributed by atoms with Gasteiger partial charge in [0.05, 0.1) is 5.01 Å². The molecule has 4 heteroatoms. The Morgan fingerprint density at radius 2 is 2.21 bits per heavy atom. The van der Waals surface area contributed by atoms with E-state index in [9.17, 15) is 0 Å². The van der Waals surface area contributed by atoms with Crippen LogP contribution >= 0.6 is 23.1 Å². The number of aryl methyl sites for hydroxylation is 1. The van der Waals surface area contributed by atoms with Gasteiger partial charge in [0.25, 0.3) is 0 Å². The molecule has 1 atom stereocenters. The quantitative estimate of drug-likeness (QED) is 0.786. The van der Waals surface area contributed by atoms with E-state index in [0.717, 1.165) is 18.7 Å². The smallest absolute Gasteiger partial charge is 0.0940 e. The first-order valence-electron chi connectivity index (χ1n) is 6.59. The predicted molar refractivity (Wildman–Crippen MR) is 85.2 cm³/mol. The third kappa shape index (κ3) is 4.64. The highest BCUT2D eigenvalue weighted by Gasteiger charge is 2.11. The highest BCUT2D eigenvalue weighted by atomic mass is 32.2. The Balaban J connectivity index is 1.91. The van der Waals surface area contributed by atoms with Gasteiger partial charge in [-0.05, 0) is 25.1 Å². The number of hydrogen-bond donors (Lipinski definition) is 1. The Labute approximate surface area is 123 Å². The first-order chi connectivity index (χ1) is 9.29. The van der Waals surface area contributed by atoms with E-state index in [1.807, 2.05) is 23.3 Å². The molecule has 1 aromatic heterocycles. The molecule has 1 aromatic carbocycles. The van der Waals surface area contributed by atoms with Crippen molar-refractivity contribution < 1.29 is 0 Å². The zero-order valence-electron chi connectivity index (χ0n) is 11.4. The van der Waals surface area contributed by atoms with Gasteiger partial charge >= 0.3 is 0 Å². The van der Waals surface area contributed by atoms with Gasteiger partial charge in [0.2, 0.25) is 0 Å². The minimum absolute atomic E-state index is 0.487. The van der Waals surface area contributed by atoms with E-state index in [1.54, 1.807) is 11.3 Å². The van der Waals surface area contributed by atoms with Crippen LogP contribution in [0, 0.1) is 6.92 Å². The first kappa shape index (κ1) is 14.6. The lowest BCUT2D eigenvalue weighted by molar-refractivity contribution is 0.571. The minimum atomic E-state index is 0.487. The maximum absolute atomic E-state index is 4.38. The van der Waals surface area contributed by atoms with E-state index < -0.39 is 0 Å². The average molecular weight is 292 g/mol.